The van der Waals surface area contributed by atoms with Gasteiger partial charge in [-0.2, -0.15) is 0 Å². The van der Waals surface area contributed by atoms with Crippen LogP contribution < -0.4 is 4.72 Å². The SMILES string of the molecule is C[C@@H]1CN(C(=O)c2ccc(NS(=O)(=O)c3ccc(Cl)s3)cc2)CCO1. The lowest BCUT2D eigenvalue weighted by Crippen LogP contribution is -2.44. The summed E-state index contributed by atoms with van der Waals surface area (Å²) in [4.78, 5) is 14.2. The maximum Gasteiger partial charge on any atom is 0.271 e. The molecule has 1 amide bonds. The number of morpholine rings is 1. The van der Waals surface area contributed by atoms with E-state index in [9.17, 15) is 13.2 Å². The number of carbonyl (C=O) groups is 1. The lowest BCUT2D eigenvalue weighted by molar-refractivity contribution is -0.0124. The molecule has 1 fully saturated rings. The van der Waals surface area contributed by atoms with Crippen molar-refractivity contribution in [3.05, 3.63) is 46.3 Å². The molecule has 25 heavy (non-hydrogen) atoms. The van der Waals surface area contributed by atoms with E-state index in [2.05, 4.69) is 4.72 Å². The molecule has 3 rings (SSSR count). The normalized spacial score (nSPS) is 18.2. The van der Waals surface area contributed by atoms with E-state index < -0.39 is 10.0 Å². The van der Waals surface area contributed by atoms with Crippen molar-refractivity contribution >= 4 is 44.6 Å². The Kier molecular flexibility index (Phi) is 5.33. The summed E-state index contributed by atoms with van der Waals surface area (Å²) < 4.78 is 33.0. The van der Waals surface area contributed by atoms with Gasteiger partial charge in [0.05, 0.1) is 17.0 Å². The molecule has 2 heterocycles. The lowest BCUT2D eigenvalue weighted by atomic mass is 10.1. The third-order valence-electron chi connectivity index (χ3n) is 3.73. The molecule has 1 saturated heterocycles. The molecular weight excluding hydrogens is 384 g/mol. The summed E-state index contributed by atoms with van der Waals surface area (Å²) in [5, 5.41) is 0. The molecule has 0 aliphatic carbocycles. The topological polar surface area (TPSA) is 75.7 Å². The van der Waals surface area contributed by atoms with Crippen LogP contribution in [0.1, 0.15) is 17.3 Å². The number of benzene rings is 1. The van der Waals surface area contributed by atoms with Crippen LogP contribution in [0, 0.1) is 0 Å². The number of thiophene rings is 1. The van der Waals surface area contributed by atoms with Crippen molar-refractivity contribution in [2.45, 2.75) is 17.2 Å². The first-order chi connectivity index (χ1) is 11.8. The molecular formula is C16H17ClN2O4S2. The first-order valence-electron chi connectivity index (χ1n) is 7.64. The highest BCUT2D eigenvalue weighted by atomic mass is 35.5. The molecule has 1 aromatic heterocycles. The number of hydrogen-bond donors (Lipinski definition) is 1. The van der Waals surface area contributed by atoms with Gasteiger partial charge >= 0.3 is 0 Å². The maximum absolute atomic E-state index is 12.5. The van der Waals surface area contributed by atoms with E-state index in [1.807, 2.05) is 6.92 Å². The van der Waals surface area contributed by atoms with Gasteiger partial charge in [-0.25, -0.2) is 8.42 Å². The molecule has 2 aromatic rings. The summed E-state index contributed by atoms with van der Waals surface area (Å²) in [5.41, 5.74) is 0.896. The number of anilines is 1. The third kappa shape index (κ3) is 4.33. The number of nitrogens with one attached hydrogen (secondary N) is 1. The fourth-order valence-electron chi connectivity index (χ4n) is 2.51. The van der Waals surface area contributed by atoms with E-state index in [4.69, 9.17) is 16.3 Å². The van der Waals surface area contributed by atoms with E-state index in [1.165, 1.54) is 12.1 Å². The molecule has 1 aromatic carbocycles. The number of nitrogens with zero attached hydrogens (tertiary/aromatic N) is 1. The van der Waals surface area contributed by atoms with Crippen LogP contribution in [0.25, 0.3) is 0 Å². The zero-order chi connectivity index (χ0) is 18.0. The van der Waals surface area contributed by atoms with Gasteiger partial charge in [0.1, 0.15) is 4.21 Å². The van der Waals surface area contributed by atoms with Crippen LogP contribution in [0.5, 0.6) is 0 Å². The van der Waals surface area contributed by atoms with Crippen molar-refractivity contribution in [3.63, 3.8) is 0 Å². The molecule has 0 bridgehead atoms. The zero-order valence-electron chi connectivity index (χ0n) is 13.4. The molecule has 0 radical (unpaired) electrons. The average Bonchev–Trinajstić information content (AvgIpc) is 3.02. The van der Waals surface area contributed by atoms with Crippen molar-refractivity contribution in [2.75, 3.05) is 24.4 Å². The quantitative estimate of drug-likeness (QED) is 0.855. The van der Waals surface area contributed by atoms with Crippen molar-refractivity contribution < 1.29 is 17.9 Å². The van der Waals surface area contributed by atoms with Crippen molar-refractivity contribution in [2.24, 2.45) is 0 Å². The van der Waals surface area contributed by atoms with Crippen molar-refractivity contribution in [1.29, 1.82) is 0 Å². The van der Waals surface area contributed by atoms with Crippen LogP contribution >= 0.6 is 22.9 Å². The van der Waals surface area contributed by atoms with Crippen LogP contribution in [0.2, 0.25) is 4.34 Å². The van der Waals surface area contributed by atoms with Crippen LogP contribution in [0.3, 0.4) is 0 Å². The number of hydrogen-bond acceptors (Lipinski definition) is 5. The van der Waals surface area contributed by atoms with Gasteiger partial charge in [0.2, 0.25) is 0 Å². The predicted octanol–water partition coefficient (Wildman–Crippen LogP) is 3.06. The Bertz CT molecular complexity index is 865. The minimum atomic E-state index is -3.68. The first-order valence-corrected chi connectivity index (χ1v) is 10.3. The lowest BCUT2D eigenvalue weighted by Gasteiger charge is -2.31. The molecule has 6 nitrogen and oxygen atoms in total. The molecule has 0 saturated carbocycles. The number of sulfonamides is 1. The van der Waals surface area contributed by atoms with E-state index >= 15 is 0 Å². The van der Waals surface area contributed by atoms with Crippen LogP contribution in [0.4, 0.5) is 5.69 Å². The Morgan fingerprint density at radius 1 is 1.28 bits per heavy atom. The largest absolute Gasteiger partial charge is 0.375 e. The second-order valence-corrected chi connectivity index (χ2v) is 9.30. The van der Waals surface area contributed by atoms with Crippen LogP contribution in [0.15, 0.2) is 40.6 Å². The second-order valence-electron chi connectivity index (χ2n) is 5.67. The molecule has 1 aliphatic heterocycles. The van der Waals surface area contributed by atoms with E-state index in [-0.39, 0.29) is 16.2 Å². The smallest absolute Gasteiger partial charge is 0.271 e. The zero-order valence-corrected chi connectivity index (χ0v) is 15.8. The molecule has 134 valence electrons. The summed E-state index contributed by atoms with van der Waals surface area (Å²) >= 11 is 6.77. The highest BCUT2D eigenvalue weighted by molar-refractivity contribution is 7.94. The van der Waals surface area contributed by atoms with Gasteiger partial charge in [0, 0.05) is 24.3 Å². The van der Waals surface area contributed by atoms with Gasteiger partial charge < -0.3 is 9.64 Å². The monoisotopic (exact) mass is 400 g/mol. The molecule has 1 atom stereocenters. The van der Waals surface area contributed by atoms with Crippen LogP contribution in [-0.4, -0.2) is 45.0 Å². The first kappa shape index (κ1) is 18.2. The van der Waals surface area contributed by atoms with Gasteiger partial charge in [-0.1, -0.05) is 11.6 Å². The number of ether oxygens (including phenoxy) is 1. The fraction of sp³-hybridized carbons (Fsp3) is 0.312. The van der Waals surface area contributed by atoms with E-state index in [0.717, 1.165) is 11.3 Å². The van der Waals surface area contributed by atoms with E-state index in [0.29, 0.717) is 35.3 Å². The highest BCUT2D eigenvalue weighted by Gasteiger charge is 2.22. The fourth-order valence-corrected chi connectivity index (χ4v) is 5.06. The third-order valence-corrected chi connectivity index (χ3v) is 6.83. The Morgan fingerprint density at radius 3 is 2.60 bits per heavy atom. The minimum absolute atomic E-state index is 0.0152. The average molecular weight is 401 g/mol. The van der Waals surface area contributed by atoms with Crippen molar-refractivity contribution in [3.8, 4) is 0 Å². The Balaban J connectivity index is 1.71. The van der Waals surface area contributed by atoms with E-state index in [1.54, 1.807) is 29.2 Å². The standard InChI is InChI=1S/C16H17ClN2O4S2/c1-11-10-19(8-9-23-11)16(20)12-2-4-13(5-3-12)18-25(21,22)15-7-6-14(17)24-15/h2-7,11,18H,8-10H2,1H3/t11-/m1/s1. The summed E-state index contributed by atoms with van der Waals surface area (Å²) in [6, 6.07) is 9.36. The van der Waals surface area contributed by atoms with Gasteiger partial charge in [0.25, 0.3) is 15.9 Å². The Morgan fingerprint density at radius 2 is 2.00 bits per heavy atom. The predicted molar refractivity (Wildman–Crippen MR) is 97.9 cm³/mol. The van der Waals surface area contributed by atoms with Gasteiger partial charge in [-0.3, -0.25) is 9.52 Å². The van der Waals surface area contributed by atoms with Gasteiger partial charge in [0.15, 0.2) is 0 Å². The van der Waals surface area contributed by atoms with Gasteiger partial charge in [-0.15, -0.1) is 11.3 Å². The number of amides is 1. The number of rotatable bonds is 4. The maximum atomic E-state index is 12.5. The molecule has 1 N–H and O–H groups in total. The Hall–Kier alpha value is -1.61. The van der Waals surface area contributed by atoms with Gasteiger partial charge in [-0.05, 0) is 43.3 Å². The minimum Gasteiger partial charge on any atom is -0.375 e. The number of carbonyl (C=O) groups excluding carboxylic acids is 1. The summed E-state index contributed by atoms with van der Waals surface area (Å²) in [6.45, 7) is 3.55. The van der Waals surface area contributed by atoms with Crippen molar-refractivity contribution in [1.82, 2.24) is 4.90 Å². The number of halogens is 1. The summed E-state index contributed by atoms with van der Waals surface area (Å²) in [7, 11) is -3.68. The molecule has 0 unspecified atom stereocenters. The highest BCUT2D eigenvalue weighted by Crippen LogP contribution is 2.27. The molecule has 0 spiro atoms. The summed E-state index contributed by atoms with van der Waals surface area (Å²) in [5.74, 6) is -0.0883. The Labute approximate surface area is 155 Å². The second kappa shape index (κ2) is 7.33. The summed E-state index contributed by atoms with van der Waals surface area (Å²) in [6.07, 6.45) is 0.0152. The van der Waals surface area contributed by atoms with Crippen LogP contribution in [-0.2, 0) is 14.8 Å². The molecule has 1 aliphatic rings. The molecule has 9 heteroatoms.